The molecule has 238 valence electrons. The molecule has 0 aliphatic heterocycles. The van der Waals surface area contributed by atoms with Crippen molar-refractivity contribution in [1.82, 2.24) is 9.13 Å². The fourth-order valence-electron chi connectivity index (χ4n) is 8.33. The number of aromatic nitrogens is 2. The fraction of sp³-hybridized carbons (Fsp3) is 0. The topological polar surface area (TPSA) is 23.0 Å². The Bertz CT molecular complexity index is 3090. The molecule has 0 saturated carbocycles. The van der Waals surface area contributed by atoms with E-state index in [2.05, 4.69) is 191 Å². The first kappa shape index (κ1) is 28.0. The Morgan fingerprint density at radius 3 is 1.61 bits per heavy atom. The van der Waals surface area contributed by atoms with E-state index in [1.807, 2.05) is 0 Å². The van der Waals surface area contributed by atoms with E-state index < -0.39 is 0 Å². The maximum Gasteiger partial charge on any atom is 0.137 e. The van der Waals surface area contributed by atoms with Crippen molar-refractivity contribution in [3.05, 3.63) is 182 Å². The zero-order chi connectivity index (χ0) is 33.5. The summed E-state index contributed by atoms with van der Waals surface area (Å²) >= 11 is 0. The first-order valence-electron chi connectivity index (χ1n) is 17.4. The molecule has 3 heterocycles. The summed E-state index contributed by atoms with van der Waals surface area (Å²) < 4.78 is 11.5. The van der Waals surface area contributed by atoms with Crippen molar-refractivity contribution in [2.45, 2.75) is 0 Å². The number of hydrogen-bond acceptors (Lipinski definition) is 1. The van der Waals surface area contributed by atoms with Crippen LogP contribution in [0.3, 0.4) is 0 Å². The number of benzene rings is 8. The second kappa shape index (κ2) is 10.8. The quantitative estimate of drug-likeness (QED) is 0.186. The van der Waals surface area contributed by atoms with Crippen LogP contribution < -0.4 is 0 Å². The lowest BCUT2D eigenvalue weighted by atomic mass is 9.95. The van der Waals surface area contributed by atoms with E-state index in [-0.39, 0.29) is 0 Å². The molecule has 0 aliphatic rings. The molecule has 3 nitrogen and oxygen atoms in total. The Hall–Kier alpha value is -6.84. The van der Waals surface area contributed by atoms with Crippen molar-refractivity contribution in [2.75, 3.05) is 0 Å². The first-order valence-corrected chi connectivity index (χ1v) is 17.4. The van der Waals surface area contributed by atoms with Gasteiger partial charge in [-0.15, -0.1) is 0 Å². The minimum Gasteiger partial charge on any atom is -0.456 e. The third-order valence-electron chi connectivity index (χ3n) is 10.5. The molecule has 8 aromatic carbocycles. The summed E-state index contributed by atoms with van der Waals surface area (Å²) in [6.45, 7) is 0. The molecule has 11 aromatic rings. The Kier molecular flexibility index (Phi) is 5.96. The van der Waals surface area contributed by atoms with Gasteiger partial charge in [-0.3, -0.25) is 0 Å². The average Bonchev–Trinajstić information content (AvgIpc) is 3.86. The van der Waals surface area contributed by atoms with Crippen LogP contribution >= 0.6 is 0 Å². The van der Waals surface area contributed by atoms with Crippen LogP contribution in [-0.4, -0.2) is 9.13 Å². The van der Waals surface area contributed by atoms with Crippen LogP contribution in [0.15, 0.2) is 186 Å². The molecule has 0 N–H and O–H groups in total. The van der Waals surface area contributed by atoms with E-state index in [1.165, 1.54) is 43.7 Å². The van der Waals surface area contributed by atoms with Crippen LogP contribution in [0.4, 0.5) is 0 Å². The molecule has 0 aliphatic carbocycles. The molecule has 3 heteroatoms. The number of nitrogens with zero attached hydrogens (tertiary/aromatic N) is 2. The van der Waals surface area contributed by atoms with Crippen molar-refractivity contribution < 1.29 is 4.42 Å². The zero-order valence-corrected chi connectivity index (χ0v) is 27.6. The maximum atomic E-state index is 6.65. The van der Waals surface area contributed by atoms with Crippen LogP contribution in [0.1, 0.15) is 0 Å². The van der Waals surface area contributed by atoms with Gasteiger partial charge >= 0.3 is 0 Å². The molecule has 11 rings (SSSR count). The van der Waals surface area contributed by atoms with Gasteiger partial charge in [-0.1, -0.05) is 127 Å². The van der Waals surface area contributed by atoms with E-state index in [1.54, 1.807) is 0 Å². The number of fused-ring (bicyclic) bond motifs is 9. The summed E-state index contributed by atoms with van der Waals surface area (Å²) in [4.78, 5) is 0. The molecule has 0 saturated heterocycles. The van der Waals surface area contributed by atoms with Crippen molar-refractivity contribution in [3.63, 3.8) is 0 Å². The Labute approximate surface area is 293 Å². The average molecular weight is 651 g/mol. The molecule has 3 aromatic heterocycles. The van der Waals surface area contributed by atoms with Crippen molar-refractivity contribution in [3.8, 4) is 33.6 Å². The Morgan fingerprint density at radius 1 is 0.333 bits per heavy atom. The van der Waals surface area contributed by atoms with Gasteiger partial charge in [0.05, 0.1) is 33.1 Å². The summed E-state index contributed by atoms with van der Waals surface area (Å²) in [6.07, 6.45) is 0. The van der Waals surface area contributed by atoms with Gasteiger partial charge in [0, 0.05) is 32.6 Å². The van der Waals surface area contributed by atoms with Crippen molar-refractivity contribution in [2.24, 2.45) is 0 Å². The second-order valence-electron chi connectivity index (χ2n) is 13.3. The third-order valence-corrected chi connectivity index (χ3v) is 10.5. The lowest BCUT2D eigenvalue weighted by molar-refractivity contribution is 0.669. The van der Waals surface area contributed by atoms with Gasteiger partial charge in [0.25, 0.3) is 0 Å². The van der Waals surface area contributed by atoms with E-state index in [4.69, 9.17) is 4.42 Å². The molecule has 0 fully saturated rings. The van der Waals surface area contributed by atoms with Crippen LogP contribution in [0.5, 0.6) is 0 Å². The SMILES string of the molecule is c1ccc(-c2cccc(-c3cccc4oc5cccc(-n6c7ccccc7c7ccc(-n8c9ccccc9c9ccccc98)cc76)c5c34)c2)cc1. The van der Waals surface area contributed by atoms with E-state index in [0.717, 1.165) is 55.5 Å². The van der Waals surface area contributed by atoms with E-state index in [0.29, 0.717) is 0 Å². The van der Waals surface area contributed by atoms with Gasteiger partial charge in [0.1, 0.15) is 11.2 Å². The number of hydrogen-bond donors (Lipinski definition) is 0. The molecule has 0 radical (unpaired) electrons. The number of para-hydroxylation sites is 3. The first-order chi connectivity index (χ1) is 25.3. The molecular weight excluding hydrogens is 621 g/mol. The van der Waals surface area contributed by atoms with Gasteiger partial charge in [0.15, 0.2) is 0 Å². The predicted molar refractivity (Wildman–Crippen MR) is 213 cm³/mol. The number of furan rings is 1. The Balaban J connectivity index is 1.21. The second-order valence-corrected chi connectivity index (χ2v) is 13.3. The van der Waals surface area contributed by atoms with E-state index >= 15 is 0 Å². The molecule has 0 bridgehead atoms. The largest absolute Gasteiger partial charge is 0.456 e. The Morgan fingerprint density at radius 2 is 0.882 bits per heavy atom. The van der Waals surface area contributed by atoms with Crippen LogP contribution in [0.2, 0.25) is 0 Å². The minimum atomic E-state index is 0.874. The summed E-state index contributed by atoms with van der Waals surface area (Å²) in [5.74, 6) is 0. The number of rotatable bonds is 4. The zero-order valence-electron chi connectivity index (χ0n) is 27.6. The van der Waals surface area contributed by atoms with Gasteiger partial charge in [-0.05, 0) is 76.9 Å². The molecule has 0 atom stereocenters. The van der Waals surface area contributed by atoms with Crippen LogP contribution in [0.25, 0.3) is 99.2 Å². The molecule has 0 amide bonds. The van der Waals surface area contributed by atoms with Crippen LogP contribution in [-0.2, 0) is 0 Å². The predicted octanol–water partition coefficient (Wildman–Crippen LogP) is 13.1. The third kappa shape index (κ3) is 4.12. The monoisotopic (exact) mass is 650 g/mol. The minimum absolute atomic E-state index is 0.874. The summed E-state index contributed by atoms with van der Waals surface area (Å²) in [6, 6.07) is 65.4. The fourth-order valence-corrected chi connectivity index (χ4v) is 8.33. The van der Waals surface area contributed by atoms with Crippen LogP contribution in [0, 0.1) is 0 Å². The normalized spacial score (nSPS) is 11.9. The summed E-state index contributed by atoms with van der Waals surface area (Å²) in [5.41, 5.74) is 13.4. The van der Waals surface area contributed by atoms with Gasteiger partial charge in [0.2, 0.25) is 0 Å². The summed E-state index contributed by atoms with van der Waals surface area (Å²) in [5, 5.41) is 7.19. The van der Waals surface area contributed by atoms with Gasteiger partial charge < -0.3 is 13.6 Å². The molecule has 0 unspecified atom stereocenters. The van der Waals surface area contributed by atoms with Crippen molar-refractivity contribution >= 4 is 65.6 Å². The maximum absolute atomic E-state index is 6.65. The van der Waals surface area contributed by atoms with Gasteiger partial charge in [-0.2, -0.15) is 0 Å². The van der Waals surface area contributed by atoms with Gasteiger partial charge in [-0.25, -0.2) is 0 Å². The van der Waals surface area contributed by atoms with E-state index in [9.17, 15) is 0 Å². The highest BCUT2D eigenvalue weighted by Gasteiger charge is 2.21. The molecular formula is C48H30N2O. The highest BCUT2D eigenvalue weighted by molar-refractivity contribution is 6.18. The molecule has 0 spiro atoms. The smallest absolute Gasteiger partial charge is 0.137 e. The molecule has 51 heavy (non-hydrogen) atoms. The highest BCUT2D eigenvalue weighted by atomic mass is 16.3. The highest BCUT2D eigenvalue weighted by Crippen LogP contribution is 2.43. The summed E-state index contributed by atoms with van der Waals surface area (Å²) in [7, 11) is 0. The van der Waals surface area contributed by atoms with Crippen molar-refractivity contribution in [1.29, 1.82) is 0 Å². The lowest BCUT2D eigenvalue weighted by Gasteiger charge is -2.13. The lowest BCUT2D eigenvalue weighted by Crippen LogP contribution is -1.97. The standard InChI is InChI=1S/C48H30N2O/c1-2-13-31(14-3-1)32-15-10-16-33(29-32)35-20-11-25-45-47(35)48-43(24-12-26-46(48)51-45)50-42-23-9-6-19-38(42)39-28-27-34(30-44(39)50)49-40-21-7-4-17-36(40)37-18-5-8-22-41(37)49/h1-30H.